The first-order valence-electron chi connectivity index (χ1n) is 42.8. The van der Waals surface area contributed by atoms with E-state index in [0.717, 1.165) is 98.6 Å². The molecule has 126 heavy (non-hydrogen) atoms. The predicted molar refractivity (Wildman–Crippen MR) is 483 cm³/mol. The average Bonchev–Trinajstić information content (AvgIpc) is 1.63. The minimum absolute atomic E-state index is 0.0244. The minimum Gasteiger partial charge on any atom is -0.397 e. The van der Waals surface area contributed by atoms with Crippen LogP contribution >= 0.6 is 22.7 Å². The highest BCUT2D eigenvalue weighted by molar-refractivity contribution is 7.13. The number of aromatic nitrogens is 5. The monoisotopic (exact) mass is 1740 g/mol. The van der Waals surface area contributed by atoms with Crippen LogP contribution < -0.4 is 22.9 Å². The third-order valence-corrected chi connectivity index (χ3v) is 26.0. The molecule has 0 saturated carbocycles. The fourth-order valence-corrected chi connectivity index (χ4v) is 18.7. The molecule has 5 aromatic carbocycles. The van der Waals surface area contributed by atoms with Gasteiger partial charge in [-0.15, -0.1) is 22.7 Å². The second-order valence-corrected chi connectivity index (χ2v) is 35.7. The van der Waals surface area contributed by atoms with Gasteiger partial charge >= 0.3 is 6.18 Å². The molecule has 7 aromatic heterocycles. The van der Waals surface area contributed by atoms with Gasteiger partial charge in [0.25, 0.3) is 0 Å². The fraction of sp³-hybridized carbons (Fsp3) is 0.316. The summed E-state index contributed by atoms with van der Waals surface area (Å²) in [5, 5.41) is 4.04. The second kappa shape index (κ2) is 39.2. The van der Waals surface area contributed by atoms with E-state index in [4.69, 9.17) is 27.9 Å². The van der Waals surface area contributed by atoms with Gasteiger partial charge in [-0.05, 0) is 261 Å². The Bertz CT molecular complexity index is 5910. The second-order valence-electron chi connectivity index (χ2n) is 33.8. The molecule has 7 aliphatic heterocycles. The quantitative estimate of drug-likeness (QED) is 0.0517. The lowest BCUT2D eigenvalue weighted by Gasteiger charge is -2.18. The zero-order chi connectivity index (χ0) is 87.7. The van der Waals surface area contributed by atoms with Crippen LogP contribution in [0.2, 0.25) is 0 Å². The predicted octanol–water partition coefficient (Wildman–Crippen LogP) is 16.1. The summed E-state index contributed by atoms with van der Waals surface area (Å²) >= 11 is 3.27. The molecule has 14 heterocycles. The van der Waals surface area contributed by atoms with Crippen molar-refractivity contribution in [3.63, 3.8) is 0 Å². The third kappa shape index (κ3) is 21.8. The van der Waals surface area contributed by atoms with Crippen LogP contribution in [0.25, 0.3) is 43.7 Å². The number of nitrogens with two attached hydrogens (primary N) is 4. The number of thiophene rings is 2. The minimum atomic E-state index is -4.15. The van der Waals surface area contributed by atoms with Crippen molar-refractivity contribution in [1.29, 1.82) is 0 Å². The summed E-state index contributed by atoms with van der Waals surface area (Å²) in [5.41, 5.74) is 47.1. The zero-order valence-electron chi connectivity index (χ0n) is 70.7. The normalized spacial score (nSPS) is 16.0. The fourth-order valence-electron chi connectivity index (χ4n) is 17.3. The van der Waals surface area contributed by atoms with Gasteiger partial charge in [-0.1, -0.05) is 72.8 Å². The number of hydrogen-bond donors (Lipinski definition) is 4. The summed E-state index contributed by atoms with van der Waals surface area (Å²) in [5.74, 6) is -1.90. The van der Waals surface area contributed by atoms with E-state index in [1.807, 2.05) is 97.1 Å². The van der Waals surface area contributed by atoms with Crippen molar-refractivity contribution in [1.82, 2.24) is 64.1 Å². The van der Waals surface area contributed by atoms with Gasteiger partial charge in [-0.2, -0.15) is 13.2 Å². The first-order chi connectivity index (χ1) is 60.8. The van der Waals surface area contributed by atoms with E-state index in [2.05, 4.69) is 97.3 Å². The number of fused-ring (bicyclic) bond motifs is 4. The number of pyridine rings is 5. The molecule has 3 fully saturated rings. The van der Waals surface area contributed by atoms with Gasteiger partial charge in [0, 0.05) is 89.7 Å². The van der Waals surface area contributed by atoms with E-state index in [9.17, 15) is 41.1 Å². The van der Waals surface area contributed by atoms with E-state index in [1.165, 1.54) is 96.4 Å². The standard InChI is InChI=1S/C27H26F4N4O.C25H26FN5O.C24H26N4OS.C22H24N4OS/c28-22-5-3-18(4-6-22)24-8-7-23(32)25(33-24)12-26(36)35-14-19-2-1-17(11-20(19)15-35)13-34-10-9-21(16-34)27(29,30)31;26-19-6-3-17(4-7-19)22-10-9-21(27)23(29-22)13-25(32)31-14-18-5-8-20(28-24(18)16-31)15-30-11-1-2-12-30;25-20-7-8-21(23-4-3-11-30-23)26-22(20)13-24(29)28-15-18-6-5-17(12-19(18)16-28)14-27-9-1-2-10-27;1-25(2)12-15-5-6-16-13-26(14-17(16)10-15)22(27)11-20-18(23)7-8-19(24-20)21-4-3-9-28-21/h1-8,11,21H,9-10,12-16,32H2;3-10H,1-2,11-16,27H2;3-8,11-12H,1-2,9-10,13-16,25H2;3-10H,11-14,23H2,1-2H3. The maximum Gasteiger partial charge on any atom is 0.393 e. The summed E-state index contributed by atoms with van der Waals surface area (Å²) in [6, 6.07) is 57.9. The number of halogens is 5. The van der Waals surface area contributed by atoms with Gasteiger partial charge in [-0.3, -0.25) is 48.8 Å². The van der Waals surface area contributed by atoms with E-state index < -0.39 is 12.1 Å². The molecule has 28 heteroatoms. The van der Waals surface area contributed by atoms with Crippen LogP contribution in [0.15, 0.2) is 199 Å². The summed E-state index contributed by atoms with van der Waals surface area (Å²) in [7, 11) is 4.12. The van der Waals surface area contributed by atoms with Crippen LogP contribution in [-0.4, -0.2) is 147 Å². The van der Waals surface area contributed by atoms with Gasteiger partial charge < -0.3 is 47.4 Å². The molecule has 7 aliphatic rings. The largest absolute Gasteiger partial charge is 0.397 e. The van der Waals surface area contributed by atoms with Crippen molar-refractivity contribution in [3.8, 4) is 43.7 Å². The third-order valence-electron chi connectivity index (χ3n) is 24.2. The Labute approximate surface area is 738 Å². The Morgan fingerprint density at radius 3 is 1.17 bits per heavy atom. The van der Waals surface area contributed by atoms with E-state index in [0.29, 0.717) is 122 Å². The Hall–Kier alpha value is -12.2. The number of likely N-dealkylation sites (tertiary alicyclic amines) is 3. The Kier molecular flexibility index (Phi) is 27.1. The van der Waals surface area contributed by atoms with Crippen LogP contribution in [0.4, 0.5) is 44.7 Å². The van der Waals surface area contributed by atoms with Gasteiger partial charge in [0.15, 0.2) is 0 Å². The van der Waals surface area contributed by atoms with E-state index >= 15 is 0 Å². The number of carbonyl (C=O) groups excluding carboxylic acids is 4. The lowest BCUT2D eigenvalue weighted by molar-refractivity contribution is -0.170. The van der Waals surface area contributed by atoms with Crippen LogP contribution in [-0.2, 0) is 123 Å². The molecule has 0 spiro atoms. The molecule has 12 aromatic rings. The van der Waals surface area contributed by atoms with Gasteiger partial charge in [0.1, 0.15) is 11.6 Å². The SMILES string of the molecule is CN(C)Cc1ccc2c(c1)CN(C(=O)Cc1nc(-c3cccs3)ccc1N)C2.Nc1ccc(-c2ccc(F)cc2)nc1CC(=O)N1Cc2ccc(CN3CCC(C(F)(F)F)C3)cc2C1.Nc1ccc(-c2ccc(F)cc2)nc1CC(=O)N1Cc2ccc(CN3CCCC3)nc2C1.Nc1ccc(-c2cccs2)nc1CC(=O)N1Cc2ccc(CN3CCCC3)cc2C1. The Morgan fingerprint density at radius 1 is 0.397 bits per heavy atom. The lowest BCUT2D eigenvalue weighted by atomic mass is 10.1. The zero-order valence-corrected chi connectivity index (χ0v) is 72.3. The molecule has 4 amide bonds. The molecule has 650 valence electrons. The first kappa shape index (κ1) is 87.3. The first-order valence-corrected chi connectivity index (χ1v) is 44.5. The summed E-state index contributed by atoms with van der Waals surface area (Å²) in [6.45, 7) is 13.0. The van der Waals surface area contributed by atoms with Gasteiger partial charge in [0.2, 0.25) is 23.6 Å². The summed E-state index contributed by atoms with van der Waals surface area (Å²) in [6.07, 6.45) is 1.73. The maximum absolute atomic E-state index is 13.3. The molecule has 3 saturated heterocycles. The number of nitrogen functional groups attached to an aromatic ring is 4. The maximum atomic E-state index is 13.3. The van der Waals surface area contributed by atoms with Crippen molar-refractivity contribution in [3.05, 3.63) is 300 Å². The number of hydrogen-bond acceptors (Lipinski definition) is 19. The molecule has 1 atom stereocenters. The van der Waals surface area contributed by atoms with Gasteiger partial charge in [0.05, 0.1) is 128 Å². The van der Waals surface area contributed by atoms with Crippen molar-refractivity contribution >= 4 is 69.1 Å². The number of benzene rings is 5. The summed E-state index contributed by atoms with van der Waals surface area (Å²) in [4.78, 5) is 93.8. The highest BCUT2D eigenvalue weighted by Crippen LogP contribution is 2.37. The molecular formula is C98H102F5N17O4S2. The topological polar surface area (TPSA) is 263 Å². The van der Waals surface area contributed by atoms with E-state index in [-0.39, 0.29) is 73.9 Å². The molecule has 19 rings (SSSR count). The molecule has 0 radical (unpaired) electrons. The number of rotatable bonds is 20. The molecule has 0 bridgehead atoms. The molecule has 1 unspecified atom stereocenters. The number of nitrogens with zero attached hydrogens (tertiary/aromatic N) is 13. The van der Waals surface area contributed by atoms with Crippen molar-refractivity contribution in [2.75, 3.05) is 76.3 Å². The van der Waals surface area contributed by atoms with Crippen molar-refractivity contribution < 1.29 is 41.1 Å². The number of carbonyl (C=O) groups is 4. The van der Waals surface area contributed by atoms with Crippen molar-refractivity contribution in [2.24, 2.45) is 5.92 Å². The molecular weight excluding hydrogens is 1640 g/mol. The highest BCUT2D eigenvalue weighted by Gasteiger charge is 2.44. The Balaban J connectivity index is 0.000000124. The van der Waals surface area contributed by atoms with E-state index in [1.54, 1.807) is 76.1 Å². The van der Waals surface area contributed by atoms with Gasteiger partial charge in [-0.25, -0.2) is 18.7 Å². The van der Waals surface area contributed by atoms with Crippen molar-refractivity contribution in [2.45, 2.75) is 143 Å². The van der Waals surface area contributed by atoms with Crippen LogP contribution in [0.5, 0.6) is 0 Å². The molecule has 21 nitrogen and oxygen atoms in total. The highest BCUT2D eigenvalue weighted by atomic mass is 32.1. The average molecular weight is 1740 g/mol. The van der Waals surface area contributed by atoms with Crippen LogP contribution in [0, 0.1) is 17.6 Å². The smallest absolute Gasteiger partial charge is 0.393 e. The summed E-state index contributed by atoms with van der Waals surface area (Å²) < 4.78 is 65.4. The number of amides is 4. The molecule has 8 N–H and O–H groups in total. The Morgan fingerprint density at radius 2 is 0.762 bits per heavy atom. The number of anilines is 4. The van der Waals surface area contributed by atoms with Crippen LogP contribution in [0.3, 0.4) is 0 Å². The van der Waals surface area contributed by atoms with Crippen LogP contribution in [0.1, 0.15) is 122 Å². The lowest BCUT2D eigenvalue weighted by Crippen LogP contribution is -2.27. The number of alkyl halides is 3. The molecule has 0 aliphatic carbocycles.